The number of aliphatic hydroxyl groups excluding tert-OH is 1. The first-order valence-corrected chi connectivity index (χ1v) is 3.52. The van der Waals surface area contributed by atoms with Gasteiger partial charge in [-0.15, -0.1) is 0 Å². The molecule has 1 rings (SSSR count). The van der Waals surface area contributed by atoms with E-state index in [1.165, 1.54) is 0 Å². The molecule has 0 aliphatic rings. The summed E-state index contributed by atoms with van der Waals surface area (Å²) in [5.41, 5.74) is 0.842. The van der Waals surface area contributed by atoms with Crippen LogP contribution >= 0.6 is 11.5 Å². The van der Waals surface area contributed by atoms with Crippen molar-refractivity contribution in [2.24, 2.45) is 0 Å². The minimum atomic E-state index is -1.01. The van der Waals surface area contributed by atoms with Crippen LogP contribution in [0.25, 0.3) is 0 Å². The summed E-state index contributed by atoms with van der Waals surface area (Å²) in [5.74, 6) is 0. The summed E-state index contributed by atoms with van der Waals surface area (Å²) in [4.78, 5) is 0.611. The van der Waals surface area contributed by atoms with Crippen molar-refractivity contribution in [3.05, 3.63) is 16.6 Å². The molecule has 52 valence electrons. The first-order valence-electron chi connectivity index (χ1n) is 2.75. The van der Waals surface area contributed by atoms with Gasteiger partial charge in [0.2, 0.25) is 0 Å². The highest BCUT2D eigenvalue weighted by atomic mass is 32.1. The molecule has 0 spiro atoms. The van der Waals surface area contributed by atoms with Crippen LogP contribution in [-0.4, -0.2) is 9.48 Å². The molecule has 1 N–H and O–H groups in total. The zero-order valence-corrected chi connectivity index (χ0v) is 6.22. The fourth-order valence-electron chi connectivity index (χ4n) is 0.576. The largest absolute Gasteiger partial charge is 0.373 e. The van der Waals surface area contributed by atoms with E-state index in [-0.39, 0.29) is 0 Å². The van der Waals surface area contributed by atoms with Crippen LogP contribution in [0.15, 0.2) is 6.07 Å². The third kappa shape index (κ3) is 1.32. The summed E-state index contributed by atoms with van der Waals surface area (Å²) in [6, 6.07) is 3.43. The molecule has 0 radical (unpaired) electrons. The first kappa shape index (κ1) is 7.19. The molecule has 1 heterocycles. The second-order valence-corrected chi connectivity index (χ2v) is 2.74. The summed E-state index contributed by atoms with van der Waals surface area (Å²) in [6.07, 6.45) is -1.01. The molecule has 10 heavy (non-hydrogen) atoms. The Hall–Kier alpha value is -0.920. The highest BCUT2D eigenvalue weighted by Gasteiger charge is 2.07. The Morgan fingerprint density at radius 1 is 1.90 bits per heavy atom. The lowest BCUT2D eigenvalue weighted by atomic mass is 10.3. The zero-order chi connectivity index (χ0) is 7.56. The molecule has 1 aromatic heterocycles. The Bertz CT molecular complexity index is 263. The predicted molar refractivity (Wildman–Crippen MR) is 37.4 cm³/mol. The number of aliphatic hydroxyl groups is 1. The number of rotatable bonds is 1. The van der Waals surface area contributed by atoms with Crippen molar-refractivity contribution >= 4 is 11.5 Å². The molecule has 0 aliphatic carbocycles. The van der Waals surface area contributed by atoms with Crippen molar-refractivity contribution in [1.82, 2.24) is 4.37 Å². The number of aromatic nitrogens is 1. The van der Waals surface area contributed by atoms with Crippen molar-refractivity contribution < 1.29 is 5.11 Å². The Morgan fingerprint density at radius 2 is 2.60 bits per heavy atom. The average molecular weight is 154 g/mol. The van der Waals surface area contributed by atoms with Crippen LogP contribution < -0.4 is 0 Å². The summed E-state index contributed by atoms with van der Waals surface area (Å²) in [6.45, 7) is 1.82. The molecule has 1 atom stereocenters. The summed E-state index contributed by atoms with van der Waals surface area (Å²) in [5, 5.41) is 17.2. The number of hydrogen-bond acceptors (Lipinski definition) is 4. The van der Waals surface area contributed by atoms with Gasteiger partial charge in [0.15, 0.2) is 6.10 Å². The molecule has 1 aromatic rings. The van der Waals surface area contributed by atoms with Crippen LogP contribution in [0.1, 0.15) is 16.7 Å². The van der Waals surface area contributed by atoms with Gasteiger partial charge in [-0.05, 0) is 24.5 Å². The van der Waals surface area contributed by atoms with Gasteiger partial charge in [0.1, 0.15) is 0 Å². The Labute approximate surface area is 62.7 Å². The number of hydrogen-bond donors (Lipinski definition) is 1. The molecule has 0 aliphatic heterocycles. The summed E-state index contributed by atoms with van der Waals surface area (Å²) >= 11 is 1.16. The number of aryl methyl sites for hydroxylation is 1. The van der Waals surface area contributed by atoms with Gasteiger partial charge in [-0.3, -0.25) is 0 Å². The van der Waals surface area contributed by atoms with E-state index in [0.29, 0.717) is 4.88 Å². The summed E-state index contributed by atoms with van der Waals surface area (Å²) in [7, 11) is 0. The van der Waals surface area contributed by atoms with Crippen molar-refractivity contribution in [2.75, 3.05) is 0 Å². The lowest BCUT2D eigenvalue weighted by Crippen LogP contribution is -1.87. The zero-order valence-electron chi connectivity index (χ0n) is 5.40. The molecule has 0 bridgehead atoms. The maximum Gasteiger partial charge on any atom is 0.176 e. The quantitative estimate of drug-likeness (QED) is 0.614. The van der Waals surface area contributed by atoms with Crippen LogP contribution in [0.3, 0.4) is 0 Å². The van der Waals surface area contributed by atoms with Gasteiger partial charge >= 0.3 is 0 Å². The van der Waals surface area contributed by atoms with E-state index in [9.17, 15) is 0 Å². The molecule has 0 fully saturated rings. The Kier molecular flexibility index (Phi) is 2.00. The second kappa shape index (κ2) is 2.78. The van der Waals surface area contributed by atoms with Crippen LogP contribution in [0, 0.1) is 18.3 Å². The van der Waals surface area contributed by atoms with Gasteiger partial charge < -0.3 is 5.11 Å². The van der Waals surface area contributed by atoms with Gasteiger partial charge in [0, 0.05) is 0 Å². The van der Waals surface area contributed by atoms with E-state index < -0.39 is 6.10 Å². The van der Waals surface area contributed by atoms with Crippen molar-refractivity contribution in [3.63, 3.8) is 0 Å². The highest BCUT2D eigenvalue weighted by Crippen LogP contribution is 2.17. The minimum absolute atomic E-state index is 0.611. The first-order chi connectivity index (χ1) is 4.74. The molecule has 4 heteroatoms. The maximum absolute atomic E-state index is 8.95. The minimum Gasteiger partial charge on any atom is -0.373 e. The van der Waals surface area contributed by atoms with Gasteiger partial charge in [-0.25, -0.2) is 0 Å². The van der Waals surface area contributed by atoms with E-state index in [0.717, 1.165) is 17.2 Å². The van der Waals surface area contributed by atoms with E-state index in [2.05, 4.69) is 4.37 Å². The van der Waals surface area contributed by atoms with Crippen LogP contribution in [0.4, 0.5) is 0 Å². The molecule has 0 saturated heterocycles. The van der Waals surface area contributed by atoms with Gasteiger partial charge in [-0.2, -0.15) is 9.64 Å². The number of nitrogens with zero attached hydrogens (tertiary/aromatic N) is 2. The highest BCUT2D eigenvalue weighted by molar-refractivity contribution is 7.05. The normalized spacial score (nSPS) is 12.5. The van der Waals surface area contributed by atoms with Crippen molar-refractivity contribution in [1.29, 1.82) is 5.26 Å². The van der Waals surface area contributed by atoms with Crippen LogP contribution in [0.5, 0.6) is 0 Å². The fraction of sp³-hybridized carbons (Fsp3) is 0.333. The lowest BCUT2D eigenvalue weighted by Gasteiger charge is -1.91. The van der Waals surface area contributed by atoms with Gasteiger partial charge in [0.25, 0.3) is 0 Å². The molecular weight excluding hydrogens is 148 g/mol. The van der Waals surface area contributed by atoms with Gasteiger partial charge in [-0.1, -0.05) is 0 Å². The molecule has 0 saturated carbocycles. The van der Waals surface area contributed by atoms with E-state index in [4.69, 9.17) is 10.4 Å². The Balaban J connectivity index is 2.87. The topological polar surface area (TPSA) is 56.9 Å². The monoisotopic (exact) mass is 154 g/mol. The molecule has 1 unspecified atom stereocenters. The van der Waals surface area contributed by atoms with E-state index >= 15 is 0 Å². The van der Waals surface area contributed by atoms with Crippen LogP contribution in [0.2, 0.25) is 0 Å². The Morgan fingerprint density at radius 3 is 3.00 bits per heavy atom. The van der Waals surface area contributed by atoms with Crippen molar-refractivity contribution in [3.8, 4) is 6.07 Å². The third-order valence-electron chi connectivity index (χ3n) is 1.04. The van der Waals surface area contributed by atoms with E-state index in [1.54, 1.807) is 12.1 Å². The van der Waals surface area contributed by atoms with Gasteiger partial charge in [0.05, 0.1) is 16.6 Å². The predicted octanol–water partition coefficient (Wildman–Crippen LogP) is 1.01. The lowest BCUT2D eigenvalue weighted by molar-refractivity contribution is 0.240. The number of nitriles is 1. The molecular formula is C6H6N2OS. The maximum atomic E-state index is 8.95. The van der Waals surface area contributed by atoms with Crippen LogP contribution in [-0.2, 0) is 0 Å². The summed E-state index contributed by atoms with van der Waals surface area (Å²) < 4.78 is 3.92. The SMILES string of the molecule is Cc1cc(C(O)C#N)sn1. The second-order valence-electron chi connectivity index (χ2n) is 1.90. The standard InChI is InChI=1S/C6H6N2OS/c1-4-2-6(10-8-4)5(9)3-7/h2,5,9H,1H3. The smallest absolute Gasteiger partial charge is 0.176 e. The third-order valence-corrected chi connectivity index (χ3v) is 1.97. The van der Waals surface area contributed by atoms with E-state index in [1.807, 2.05) is 6.92 Å². The molecule has 0 amide bonds. The van der Waals surface area contributed by atoms with Crippen molar-refractivity contribution in [2.45, 2.75) is 13.0 Å². The molecule has 0 aromatic carbocycles. The fourth-order valence-corrected chi connectivity index (χ4v) is 1.25. The average Bonchev–Trinajstić information content (AvgIpc) is 2.34. The molecule has 3 nitrogen and oxygen atoms in total.